The number of anilines is 1. The quantitative estimate of drug-likeness (QED) is 0.857. The van der Waals surface area contributed by atoms with Crippen molar-refractivity contribution in [3.05, 3.63) is 34.5 Å². The van der Waals surface area contributed by atoms with Gasteiger partial charge >= 0.3 is 0 Å². The van der Waals surface area contributed by atoms with Gasteiger partial charge in [0.2, 0.25) is 0 Å². The van der Waals surface area contributed by atoms with Crippen LogP contribution in [-0.4, -0.2) is 24.1 Å². The monoisotopic (exact) mass is 277 g/mol. The molecule has 2 heterocycles. The Morgan fingerprint density at radius 2 is 2.32 bits per heavy atom. The first kappa shape index (κ1) is 12.9. The molecular weight excluding hydrogens is 258 g/mol. The lowest BCUT2D eigenvalue weighted by molar-refractivity contribution is 0.686. The van der Waals surface area contributed by atoms with Gasteiger partial charge in [0.1, 0.15) is 5.82 Å². The standard InChI is InChI=1S/C15H20ClN3/c1-11-4-6-19(7-5-11)15-8-12(14(16)10-18-15)9-17-13-2-3-13/h4,8,10,13,17H,2-3,5-7,9H2,1H3. The summed E-state index contributed by atoms with van der Waals surface area (Å²) in [5.41, 5.74) is 2.63. The molecule has 1 fully saturated rings. The molecule has 0 aromatic carbocycles. The highest BCUT2D eigenvalue weighted by atomic mass is 35.5. The Balaban J connectivity index is 1.72. The number of nitrogens with zero attached hydrogens (tertiary/aromatic N) is 2. The van der Waals surface area contributed by atoms with Crippen LogP contribution >= 0.6 is 11.6 Å². The minimum atomic E-state index is 0.702. The molecule has 1 N–H and O–H groups in total. The predicted octanol–water partition coefficient (Wildman–Crippen LogP) is 3.14. The molecule has 3 nitrogen and oxygen atoms in total. The maximum atomic E-state index is 6.23. The molecule has 2 aliphatic rings. The summed E-state index contributed by atoms with van der Waals surface area (Å²) in [6, 6.07) is 2.83. The largest absolute Gasteiger partial charge is 0.353 e. The van der Waals surface area contributed by atoms with Crippen LogP contribution in [0.4, 0.5) is 5.82 Å². The number of halogens is 1. The van der Waals surface area contributed by atoms with Gasteiger partial charge < -0.3 is 10.2 Å². The minimum Gasteiger partial charge on any atom is -0.353 e. The Hall–Kier alpha value is -1.06. The molecule has 0 amide bonds. The predicted molar refractivity (Wildman–Crippen MR) is 79.7 cm³/mol. The van der Waals surface area contributed by atoms with E-state index < -0.39 is 0 Å². The van der Waals surface area contributed by atoms with Crippen LogP contribution < -0.4 is 10.2 Å². The molecule has 0 atom stereocenters. The smallest absolute Gasteiger partial charge is 0.129 e. The van der Waals surface area contributed by atoms with Crippen molar-refractivity contribution in [3.8, 4) is 0 Å². The number of rotatable bonds is 4. The molecule has 1 aliphatic heterocycles. The van der Waals surface area contributed by atoms with Crippen molar-refractivity contribution in [2.24, 2.45) is 0 Å². The van der Waals surface area contributed by atoms with E-state index in [4.69, 9.17) is 11.6 Å². The fourth-order valence-electron chi connectivity index (χ4n) is 2.30. The number of pyridine rings is 1. The molecule has 4 heteroatoms. The van der Waals surface area contributed by atoms with E-state index in [0.717, 1.165) is 42.5 Å². The number of hydrogen-bond acceptors (Lipinski definition) is 3. The highest BCUT2D eigenvalue weighted by Crippen LogP contribution is 2.25. The first-order valence-corrected chi connectivity index (χ1v) is 7.38. The van der Waals surface area contributed by atoms with Gasteiger partial charge in [-0.05, 0) is 37.8 Å². The van der Waals surface area contributed by atoms with Gasteiger partial charge in [0, 0.05) is 31.9 Å². The molecule has 0 radical (unpaired) electrons. The maximum Gasteiger partial charge on any atom is 0.129 e. The lowest BCUT2D eigenvalue weighted by atomic mass is 10.1. The molecule has 1 aromatic rings. The van der Waals surface area contributed by atoms with E-state index in [9.17, 15) is 0 Å². The first-order valence-electron chi connectivity index (χ1n) is 7.01. The van der Waals surface area contributed by atoms with Crippen LogP contribution in [0.3, 0.4) is 0 Å². The Labute approximate surface area is 119 Å². The zero-order valence-electron chi connectivity index (χ0n) is 11.3. The molecule has 1 aromatic heterocycles. The Bertz CT molecular complexity index is 494. The van der Waals surface area contributed by atoms with Crippen molar-refractivity contribution in [2.75, 3.05) is 18.0 Å². The van der Waals surface area contributed by atoms with Crippen LogP contribution in [0.15, 0.2) is 23.9 Å². The Kier molecular flexibility index (Phi) is 3.76. The summed E-state index contributed by atoms with van der Waals surface area (Å²) in [6.07, 6.45) is 7.78. The normalized spacial score (nSPS) is 19.5. The Morgan fingerprint density at radius 3 is 3.00 bits per heavy atom. The van der Waals surface area contributed by atoms with Crippen LogP contribution in [0.1, 0.15) is 31.7 Å². The third-order valence-corrected chi connectivity index (χ3v) is 4.18. The lowest BCUT2D eigenvalue weighted by Gasteiger charge is -2.27. The SMILES string of the molecule is CC1=CCN(c2cc(CNC3CC3)c(Cl)cn2)CC1. The summed E-state index contributed by atoms with van der Waals surface area (Å²) < 4.78 is 0. The van der Waals surface area contributed by atoms with Gasteiger partial charge in [0.25, 0.3) is 0 Å². The number of hydrogen-bond donors (Lipinski definition) is 1. The van der Waals surface area contributed by atoms with E-state index in [1.165, 1.54) is 18.4 Å². The maximum absolute atomic E-state index is 6.23. The fraction of sp³-hybridized carbons (Fsp3) is 0.533. The van der Waals surface area contributed by atoms with Gasteiger partial charge in [0.05, 0.1) is 5.02 Å². The molecule has 1 saturated carbocycles. The summed E-state index contributed by atoms with van der Waals surface area (Å²) in [5, 5.41) is 4.27. The summed E-state index contributed by atoms with van der Waals surface area (Å²) in [6.45, 7) is 5.04. The molecule has 19 heavy (non-hydrogen) atoms. The molecule has 1 aliphatic carbocycles. The number of nitrogens with one attached hydrogen (secondary N) is 1. The molecule has 3 rings (SSSR count). The second-order valence-electron chi connectivity index (χ2n) is 5.54. The topological polar surface area (TPSA) is 28.2 Å². The molecule has 0 bridgehead atoms. The van der Waals surface area contributed by atoms with E-state index in [1.807, 2.05) is 0 Å². The van der Waals surface area contributed by atoms with Crippen LogP contribution in [0.5, 0.6) is 0 Å². The second-order valence-corrected chi connectivity index (χ2v) is 5.94. The van der Waals surface area contributed by atoms with Gasteiger partial charge in [-0.3, -0.25) is 0 Å². The van der Waals surface area contributed by atoms with E-state index >= 15 is 0 Å². The van der Waals surface area contributed by atoms with Gasteiger partial charge in [-0.2, -0.15) is 0 Å². The zero-order valence-corrected chi connectivity index (χ0v) is 12.1. The van der Waals surface area contributed by atoms with Crippen LogP contribution in [0.2, 0.25) is 5.02 Å². The van der Waals surface area contributed by atoms with Gasteiger partial charge in [-0.1, -0.05) is 23.3 Å². The van der Waals surface area contributed by atoms with Crippen molar-refractivity contribution in [1.82, 2.24) is 10.3 Å². The zero-order chi connectivity index (χ0) is 13.2. The summed E-state index contributed by atoms with van der Waals surface area (Å²) in [7, 11) is 0. The van der Waals surface area contributed by atoms with Crippen molar-refractivity contribution in [2.45, 2.75) is 38.8 Å². The highest BCUT2D eigenvalue weighted by Gasteiger charge is 2.21. The average molecular weight is 278 g/mol. The van der Waals surface area contributed by atoms with Gasteiger partial charge in [-0.15, -0.1) is 0 Å². The van der Waals surface area contributed by atoms with Crippen LogP contribution in [-0.2, 0) is 6.54 Å². The summed E-state index contributed by atoms with van der Waals surface area (Å²) >= 11 is 6.23. The summed E-state index contributed by atoms with van der Waals surface area (Å²) in [5.74, 6) is 1.04. The molecule has 0 saturated heterocycles. The van der Waals surface area contributed by atoms with E-state index in [2.05, 4.69) is 34.3 Å². The van der Waals surface area contributed by atoms with Crippen LogP contribution in [0, 0.1) is 0 Å². The third kappa shape index (κ3) is 3.28. The second kappa shape index (κ2) is 5.51. The van der Waals surface area contributed by atoms with Crippen molar-refractivity contribution in [3.63, 3.8) is 0 Å². The molecule has 0 unspecified atom stereocenters. The van der Waals surface area contributed by atoms with Gasteiger partial charge in [0.15, 0.2) is 0 Å². The van der Waals surface area contributed by atoms with E-state index in [0.29, 0.717) is 6.04 Å². The minimum absolute atomic E-state index is 0.702. The molecule has 0 spiro atoms. The number of aromatic nitrogens is 1. The third-order valence-electron chi connectivity index (χ3n) is 3.84. The summed E-state index contributed by atoms with van der Waals surface area (Å²) in [4.78, 5) is 6.78. The van der Waals surface area contributed by atoms with E-state index in [1.54, 1.807) is 6.20 Å². The highest BCUT2D eigenvalue weighted by molar-refractivity contribution is 6.31. The average Bonchev–Trinajstić information content (AvgIpc) is 3.23. The first-order chi connectivity index (χ1) is 9.22. The Morgan fingerprint density at radius 1 is 1.47 bits per heavy atom. The van der Waals surface area contributed by atoms with Crippen molar-refractivity contribution >= 4 is 17.4 Å². The molecular formula is C15H20ClN3. The van der Waals surface area contributed by atoms with E-state index in [-0.39, 0.29) is 0 Å². The van der Waals surface area contributed by atoms with Crippen molar-refractivity contribution < 1.29 is 0 Å². The molecule has 102 valence electrons. The van der Waals surface area contributed by atoms with Gasteiger partial charge in [-0.25, -0.2) is 4.98 Å². The fourth-order valence-corrected chi connectivity index (χ4v) is 2.47. The lowest BCUT2D eigenvalue weighted by Crippen LogP contribution is -2.29. The van der Waals surface area contributed by atoms with Crippen molar-refractivity contribution in [1.29, 1.82) is 0 Å². The van der Waals surface area contributed by atoms with Crippen LogP contribution in [0.25, 0.3) is 0 Å².